The predicted octanol–water partition coefficient (Wildman–Crippen LogP) is 3.13. The summed E-state index contributed by atoms with van der Waals surface area (Å²) in [7, 11) is 0. The number of benzene rings is 1. The third kappa shape index (κ3) is 4.82. The van der Waals surface area contributed by atoms with Crippen molar-refractivity contribution in [3.8, 4) is 5.75 Å². The van der Waals surface area contributed by atoms with Crippen molar-refractivity contribution < 1.29 is 32.3 Å². The van der Waals surface area contributed by atoms with Gasteiger partial charge in [-0.2, -0.15) is 13.2 Å². The molecule has 0 radical (unpaired) electrons. The van der Waals surface area contributed by atoms with Crippen LogP contribution in [0.5, 0.6) is 5.75 Å². The average molecular weight is 398 g/mol. The first-order valence-corrected chi connectivity index (χ1v) is 9.19. The summed E-state index contributed by atoms with van der Waals surface area (Å²) in [6, 6.07) is 5.48. The Bertz CT molecular complexity index is 725. The second-order valence-corrected chi connectivity index (χ2v) is 7.05. The molecule has 2 fully saturated rings. The highest BCUT2D eigenvalue weighted by Crippen LogP contribution is 2.38. The van der Waals surface area contributed by atoms with Crippen molar-refractivity contribution in [3.05, 3.63) is 24.3 Å². The molecule has 2 unspecified atom stereocenters. The molecule has 2 atom stereocenters. The molecule has 1 aromatic rings. The van der Waals surface area contributed by atoms with Gasteiger partial charge in [0.15, 0.2) is 6.61 Å². The van der Waals surface area contributed by atoms with E-state index in [0.717, 1.165) is 25.7 Å². The molecule has 1 saturated heterocycles. The largest absolute Gasteiger partial charge is 0.484 e. The van der Waals surface area contributed by atoms with E-state index in [4.69, 9.17) is 0 Å². The van der Waals surface area contributed by atoms with E-state index in [0.29, 0.717) is 5.69 Å². The average Bonchev–Trinajstić information content (AvgIpc) is 2.90. The van der Waals surface area contributed by atoms with Crippen LogP contribution < -0.4 is 10.1 Å². The van der Waals surface area contributed by atoms with Crippen molar-refractivity contribution in [1.82, 2.24) is 4.90 Å². The highest BCUT2D eigenvalue weighted by atomic mass is 19.4. The van der Waals surface area contributed by atoms with Crippen LogP contribution in [-0.2, 0) is 14.4 Å². The normalized spacial score (nSPS) is 22.2. The number of halogens is 3. The number of anilines is 1. The Labute approximate surface area is 160 Å². The first-order chi connectivity index (χ1) is 13.2. The summed E-state index contributed by atoms with van der Waals surface area (Å²) in [4.78, 5) is 38.0. The van der Waals surface area contributed by atoms with E-state index < -0.39 is 12.8 Å². The van der Waals surface area contributed by atoms with Crippen LogP contribution in [0, 0.1) is 11.8 Å². The molecule has 28 heavy (non-hydrogen) atoms. The van der Waals surface area contributed by atoms with E-state index in [9.17, 15) is 27.6 Å². The van der Waals surface area contributed by atoms with Gasteiger partial charge in [-0.05, 0) is 37.1 Å². The van der Waals surface area contributed by atoms with E-state index in [2.05, 4.69) is 10.1 Å². The molecular weight excluding hydrogens is 377 g/mol. The molecule has 2 aliphatic rings. The fourth-order valence-corrected chi connectivity index (χ4v) is 3.69. The van der Waals surface area contributed by atoms with Gasteiger partial charge >= 0.3 is 6.18 Å². The number of carbonyl (C=O) groups is 3. The number of imide groups is 1. The number of carbonyl (C=O) groups excluding carboxylic acids is 3. The van der Waals surface area contributed by atoms with Gasteiger partial charge in [-0.1, -0.05) is 12.8 Å². The Hall–Kier alpha value is -2.58. The summed E-state index contributed by atoms with van der Waals surface area (Å²) >= 11 is 0. The van der Waals surface area contributed by atoms with Gasteiger partial charge in [0.1, 0.15) is 5.75 Å². The number of alkyl halides is 3. The van der Waals surface area contributed by atoms with Gasteiger partial charge in [0, 0.05) is 18.7 Å². The molecule has 9 heteroatoms. The van der Waals surface area contributed by atoms with Crippen LogP contribution in [0.2, 0.25) is 0 Å². The lowest BCUT2D eigenvalue weighted by molar-refractivity contribution is -0.153. The van der Waals surface area contributed by atoms with Gasteiger partial charge in [0.2, 0.25) is 17.7 Å². The second kappa shape index (κ2) is 8.20. The van der Waals surface area contributed by atoms with Crippen molar-refractivity contribution in [1.29, 1.82) is 0 Å². The number of nitrogens with one attached hydrogen (secondary N) is 1. The minimum Gasteiger partial charge on any atom is -0.484 e. The van der Waals surface area contributed by atoms with E-state index in [-0.39, 0.29) is 48.3 Å². The maximum Gasteiger partial charge on any atom is 0.422 e. The molecule has 0 bridgehead atoms. The number of fused-ring (bicyclic) bond motifs is 1. The summed E-state index contributed by atoms with van der Waals surface area (Å²) in [5.74, 6) is -1.21. The third-order valence-corrected chi connectivity index (χ3v) is 5.04. The van der Waals surface area contributed by atoms with Crippen LogP contribution >= 0.6 is 0 Å². The van der Waals surface area contributed by atoms with Crippen molar-refractivity contribution in [2.45, 2.75) is 38.3 Å². The first-order valence-electron chi connectivity index (χ1n) is 9.19. The highest BCUT2D eigenvalue weighted by molar-refractivity contribution is 6.05. The zero-order valence-corrected chi connectivity index (χ0v) is 15.1. The smallest absolute Gasteiger partial charge is 0.422 e. The standard InChI is InChI=1S/C19H21F3N2O4/c20-19(21,22)11-28-13-7-5-12(6-8-13)23-16(25)9-10-24-17(26)14-3-1-2-4-15(14)18(24)27/h5-8,14-15H,1-4,9-11H2,(H,23,25). The number of hydrogen-bond donors (Lipinski definition) is 1. The van der Waals surface area contributed by atoms with Crippen LogP contribution in [0.15, 0.2) is 24.3 Å². The number of amides is 3. The molecular formula is C19H21F3N2O4. The van der Waals surface area contributed by atoms with Crippen LogP contribution in [-0.4, -0.2) is 41.9 Å². The lowest BCUT2D eigenvalue weighted by Gasteiger charge is -2.19. The minimum absolute atomic E-state index is 0.0310. The summed E-state index contributed by atoms with van der Waals surface area (Å²) in [5, 5.41) is 2.59. The molecule has 3 rings (SSSR count). The Balaban J connectivity index is 1.48. The van der Waals surface area contributed by atoms with Crippen molar-refractivity contribution in [2.75, 3.05) is 18.5 Å². The van der Waals surface area contributed by atoms with Gasteiger partial charge in [0.25, 0.3) is 0 Å². The Morgan fingerprint density at radius 2 is 1.64 bits per heavy atom. The fourth-order valence-electron chi connectivity index (χ4n) is 3.69. The van der Waals surface area contributed by atoms with E-state index in [1.165, 1.54) is 29.2 Å². The minimum atomic E-state index is -4.42. The van der Waals surface area contributed by atoms with Gasteiger partial charge in [-0.25, -0.2) is 0 Å². The van der Waals surface area contributed by atoms with E-state index in [1.807, 2.05) is 0 Å². The lowest BCUT2D eigenvalue weighted by Crippen LogP contribution is -2.34. The van der Waals surface area contributed by atoms with Gasteiger partial charge in [-0.15, -0.1) is 0 Å². The third-order valence-electron chi connectivity index (χ3n) is 5.04. The molecule has 1 N–H and O–H groups in total. The summed E-state index contributed by atoms with van der Waals surface area (Å²) in [6.45, 7) is -1.36. The molecule has 6 nitrogen and oxygen atoms in total. The number of nitrogens with zero attached hydrogens (tertiary/aromatic N) is 1. The van der Waals surface area contributed by atoms with Gasteiger partial charge in [0.05, 0.1) is 11.8 Å². The molecule has 3 amide bonds. The fraction of sp³-hybridized carbons (Fsp3) is 0.526. The van der Waals surface area contributed by atoms with E-state index in [1.54, 1.807) is 0 Å². The zero-order chi connectivity index (χ0) is 20.3. The summed E-state index contributed by atoms with van der Waals surface area (Å²) in [6.07, 6.45) is -1.13. The maximum atomic E-state index is 12.4. The van der Waals surface area contributed by atoms with Gasteiger partial charge in [-0.3, -0.25) is 19.3 Å². The summed E-state index contributed by atoms with van der Waals surface area (Å²) < 4.78 is 41.0. The molecule has 1 aliphatic heterocycles. The van der Waals surface area contributed by atoms with Crippen molar-refractivity contribution >= 4 is 23.4 Å². The first kappa shape index (κ1) is 20.2. The van der Waals surface area contributed by atoms with Crippen LogP contribution in [0.3, 0.4) is 0 Å². The highest BCUT2D eigenvalue weighted by Gasteiger charge is 2.47. The van der Waals surface area contributed by atoms with Crippen molar-refractivity contribution in [3.63, 3.8) is 0 Å². The molecule has 152 valence electrons. The number of hydrogen-bond acceptors (Lipinski definition) is 4. The number of rotatable bonds is 6. The Morgan fingerprint density at radius 1 is 1.07 bits per heavy atom. The quantitative estimate of drug-likeness (QED) is 0.747. The maximum absolute atomic E-state index is 12.4. The number of ether oxygens (including phenoxy) is 1. The molecule has 0 spiro atoms. The molecule has 1 heterocycles. The van der Waals surface area contributed by atoms with Gasteiger partial charge < -0.3 is 10.1 Å². The Kier molecular flexibility index (Phi) is 5.90. The van der Waals surface area contributed by atoms with Crippen LogP contribution in [0.4, 0.5) is 18.9 Å². The Morgan fingerprint density at radius 3 is 2.18 bits per heavy atom. The molecule has 1 aromatic carbocycles. The van der Waals surface area contributed by atoms with Crippen LogP contribution in [0.1, 0.15) is 32.1 Å². The zero-order valence-electron chi connectivity index (χ0n) is 15.1. The predicted molar refractivity (Wildman–Crippen MR) is 93.4 cm³/mol. The lowest BCUT2D eigenvalue weighted by atomic mass is 9.81. The second-order valence-electron chi connectivity index (χ2n) is 7.05. The monoisotopic (exact) mass is 398 g/mol. The molecule has 1 saturated carbocycles. The van der Waals surface area contributed by atoms with Crippen molar-refractivity contribution in [2.24, 2.45) is 11.8 Å². The molecule has 1 aliphatic carbocycles. The summed E-state index contributed by atoms with van der Waals surface area (Å²) in [5.41, 5.74) is 0.386. The van der Waals surface area contributed by atoms with Crippen LogP contribution in [0.25, 0.3) is 0 Å². The SMILES string of the molecule is O=C(CCN1C(=O)C2CCCCC2C1=O)Nc1ccc(OCC(F)(F)F)cc1. The number of likely N-dealkylation sites (tertiary alicyclic amines) is 1. The van der Waals surface area contributed by atoms with E-state index >= 15 is 0 Å². The topological polar surface area (TPSA) is 75.7 Å². The molecule has 0 aromatic heterocycles.